The summed E-state index contributed by atoms with van der Waals surface area (Å²) in [4.78, 5) is 15.9. The van der Waals surface area contributed by atoms with Gasteiger partial charge in [-0.05, 0) is 77.3 Å². The van der Waals surface area contributed by atoms with E-state index in [0.29, 0.717) is 19.4 Å². The Bertz CT molecular complexity index is 1740. The number of sulfonamides is 2. The lowest BCUT2D eigenvalue weighted by molar-refractivity contribution is -0.00835. The fraction of sp³-hybridized carbons (Fsp3) is 0.515. The molecule has 0 unspecified atom stereocenters. The molecular weight excluding hydrogens is 661 g/mol. The maximum atomic E-state index is 14.4. The molecule has 4 rings (SSSR count). The van der Waals surface area contributed by atoms with Crippen LogP contribution in [-0.4, -0.2) is 93.8 Å². The first-order chi connectivity index (χ1) is 22.6. The zero-order valence-electron chi connectivity index (χ0n) is 28.2. The third-order valence-corrected chi connectivity index (χ3v) is 11.9. The van der Waals surface area contributed by atoms with Gasteiger partial charge in [0.15, 0.2) is 5.76 Å². The second-order valence-electron chi connectivity index (χ2n) is 12.4. The number of hydrogen-bond acceptors (Lipinski definition) is 10. The molecule has 2 heterocycles. The number of aromatic nitrogens is 1. The molecule has 1 aromatic heterocycles. The first-order valence-corrected chi connectivity index (χ1v) is 18.9. The van der Waals surface area contributed by atoms with Crippen molar-refractivity contribution in [2.75, 3.05) is 38.1 Å². The molecule has 13 nitrogen and oxygen atoms in total. The van der Waals surface area contributed by atoms with Gasteiger partial charge >= 0.3 is 0 Å². The Kier molecular flexibility index (Phi) is 12.3. The van der Waals surface area contributed by atoms with Gasteiger partial charge in [0.1, 0.15) is 16.3 Å². The molecule has 1 aliphatic heterocycles. The fourth-order valence-corrected chi connectivity index (χ4v) is 8.15. The van der Waals surface area contributed by atoms with Crippen molar-refractivity contribution in [3.63, 3.8) is 0 Å². The molecule has 4 atom stereocenters. The molecule has 0 saturated carbocycles. The van der Waals surface area contributed by atoms with Crippen molar-refractivity contribution in [1.29, 1.82) is 0 Å². The van der Waals surface area contributed by atoms with Gasteiger partial charge in [0, 0.05) is 38.3 Å². The van der Waals surface area contributed by atoms with E-state index >= 15 is 0 Å². The smallest absolute Gasteiger partial charge is 0.261 e. The number of nitrogens with one attached hydrogen (secondary N) is 1. The number of likely N-dealkylation sites (N-methyl/N-ethyl adjacent to an activating group) is 1. The zero-order chi connectivity index (χ0) is 35.2. The van der Waals surface area contributed by atoms with Gasteiger partial charge < -0.3 is 24.0 Å². The van der Waals surface area contributed by atoms with Crippen molar-refractivity contribution in [1.82, 2.24) is 14.4 Å². The molecule has 2 aromatic carbocycles. The Morgan fingerprint density at radius 2 is 1.79 bits per heavy atom. The van der Waals surface area contributed by atoms with Crippen LogP contribution in [0.2, 0.25) is 0 Å². The summed E-state index contributed by atoms with van der Waals surface area (Å²) in [6.07, 6.45) is 1.19. The summed E-state index contributed by atoms with van der Waals surface area (Å²) >= 11 is 0. The number of benzene rings is 2. The lowest BCUT2D eigenvalue weighted by Gasteiger charge is -2.35. The molecule has 0 aliphatic carbocycles. The molecule has 264 valence electrons. The minimum atomic E-state index is -3.97. The second-order valence-corrected chi connectivity index (χ2v) is 16.0. The number of aliphatic hydroxyl groups excluding tert-OH is 1. The number of hydrogen-bond donors (Lipinski definition) is 2. The van der Waals surface area contributed by atoms with E-state index in [1.54, 1.807) is 51.1 Å². The van der Waals surface area contributed by atoms with E-state index in [1.807, 2.05) is 13.8 Å². The number of ether oxygens (including phenoxy) is 2. The number of carbonyl (C=O) groups is 1. The number of carbonyl (C=O) groups excluding carboxylic acids is 1. The first-order valence-electron chi connectivity index (χ1n) is 16.0. The number of anilines is 1. The summed E-state index contributed by atoms with van der Waals surface area (Å²) in [5.74, 6) is -0.406. The van der Waals surface area contributed by atoms with Crippen LogP contribution in [0.25, 0.3) is 0 Å². The standard InChI is InChI=1S/C33H46N4O9S2/c1-22-19-37(23(2)21-38)33(39)29-18-27(35-47(40,41)28-13-8-7-9-14-28)15-16-30(29)45-24(3)12-10-11-17-44-31(22)20-36(6)48(42,43)32-25(4)34-46-26(32)5/h7-9,13-16,18,22-24,31,35,38H,10-12,17,19-21H2,1-6H3/t22-,23+,24-,31+/m1/s1. The summed E-state index contributed by atoms with van der Waals surface area (Å²) < 4.78 is 74.7. The Labute approximate surface area is 283 Å². The van der Waals surface area contributed by atoms with Crippen molar-refractivity contribution in [3.05, 3.63) is 65.5 Å². The Morgan fingerprint density at radius 3 is 2.44 bits per heavy atom. The van der Waals surface area contributed by atoms with Crippen LogP contribution >= 0.6 is 0 Å². The number of fused-ring (bicyclic) bond motifs is 1. The van der Waals surface area contributed by atoms with Crippen LogP contribution in [0.3, 0.4) is 0 Å². The van der Waals surface area contributed by atoms with Gasteiger partial charge in [-0.15, -0.1) is 0 Å². The van der Waals surface area contributed by atoms with Gasteiger partial charge in [0.25, 0.3) is 15.9 Å². The molecule has 0 bridgehead atoms. The maximum Gasteiger partial charge on any atom is 0.261 e. The summed E-state index contributed by atoms with van der Waals surface area (Å²) in [5, 5.41) is 14.0. The summed E-state index contributed by atoms with van der Waals surface area (Å²) in [6.45, 7) is 8.66. The van der Waals surface area contributed by atoms with E-state index < -0.39 is 44.0 Å². The predicted molar refractivity (Wildman–Crippen MR) is 180 cm³/mol. The molecule has 15 heteroatoms. The summed E-state index contributed by atoms with van der Waals surface area (Å²) in [6, 6.07) is 11.8. The van der Waals surface area contributed by atoms with E-state index in [1.165, 1.54) is 34.5 Å². The van der Waals surface area contributed by atoms with Gasteiger partial charge in [-0.3, -0.25) is 9.52 Å². The van der Waals surface area contributed by atoms with Crippen molar-refractivity contribution in [3.8, 4) is 5.75 Å². The number of amides is 1. The van der Waals surface area contributed by atoms with E-state index in [2.05, 4.69) is 9.88 Å². The minimum Gasteiger partial charge on any atom is -0.490 e. The molecule has 0 spiro atoms. The Hall–Kier alpha value is -3.50. The van der Waals surface area contributed by atoms with E-state index in [4.69, 9.17) is 14.0 Å². The van der Waals surface area contributed by atoms with Crippen LogP contribution in [0.4, 0.5) is 5.69 Å². The zero-order valence-corrected chi connectivity index (χ0v) is 29.9. The molecule has 0 fully saturated rings. The van der Waals surface area contributed by atoms with Gasteiger partial charge in [0.05, 0.1) is 35.3 Å². The Morgan fingerprint density at radius 1 is 1.08 bits per heavy atom. The minimum absolute atomic E-state index is 0.00791. The van der Waals surface area contributed by atoms with E-state index in [9.17, 15) is 26.7 Å². The Balaban J connectivity index is 1.69. The van der Waals surface area contributed by atoms with Crippen molar-refractivity contribution in [2.24, 2.45) is 5.92 Å². The van der Waals surface area contributed by atoms with Gasteiger partial charge in [-0.25, -0.2) is 16.8 Å². The molecule has 0 saturated heterocycles. The van der Waals surface area contributed by atoms with Crippen molar-refractivity contribution >= 4 is 31.6 Å². The van der Waals surface area contributed by atoms with Gasteiger partial charge in [0.2, 0.25) is 10.0 Å². The quantitative estimate of drug-likeness (QED) is 0.329. The van der Waals surface area contributed by atoms with E-state index in [-0.39, 0.29) is 64.0 Å². The molecule has 0 radical (unpaired) electrons. The highest BCUT2D eigenvalue weighted by Gasteiger charge is 2.34. The normalized spacial score (nSPS) is 20.9. The van der Waals surface area contributed by atoms with Crippen LogP contribution in [0.15, 0.2) is 62.8 Å². The molecule has 1 aliphatic rings. The SMILES string of the molecule is Cc1noc(C)c1S(=O)(=O)N(C)C[C@@H]1OCCCC[C@@H](C)Oc2ccc(NS(=O)(=O)c3ccccc3)cc2C(=O)N([C@@H](C)CO)C[C@H]1C. The monoisotopic (exact) mass is 706 g/mol. The number of nitrogens with zero attached hydrogens (tertiary/aromatic N) is 3. The summed E-state index contributed by atoms with van der Waals surface area (Å²) in [5.41, 5.74) is 0.545. The number of aliphatic hydroxyl groups is 1. The number of aryl methyl sites for hydroxylation is 2. The van der Waals surface area contributed by atoms with Gasteiger partial charge in [-0.1, -0.05) is 30.3 Å². The predicted octanol–water partition coefficient (Wildman–Crippen LogP) is 4.21. The average Bonchev–Trinajstić information content (AvgIpc) is 3.40. The number of rotatable bonds is 9. The second kappa shape index (κ2) is 15.8. The topological polar surface area (TPSA) is 169 Å². The van der Waals surface area contributed by atoms with E-state index in [0.717, 1.165) is 6.42 Å². The highest BCUT2D eigenvalue weighted by Crippen LogP contribution is 2.30. The van der Waals surface area contributed by atoms with Crippen LogP contribution in [0.5, 0.6) is 5.75 Å². The average molecular weight is 707 g/mol. The first kappa shape index (κ1) is 37.3. The largest absolute Gasteiger partial charge is 0.490 e. The van der Waals surface area contributed by atoms with Gasteiger partial charge in [-0.2, -0.15) is 4.31 Å². The van der Waals surface area contributed by atoms with Crippen LogP contribution in [-0.2, 0) is 24.8 Å². The third kappa shape index (κ3) is 8.74. The van der Waals surface area contributed by atoms with Crippen LogP contribution in [0, 0.1) is 19.8 Å². The van der Waals surface area contributed by atoms with Crippen molar-refractivity contribution < 1.29 is 40.7 Å². The fourth-order valence-electron chi connectivity index (χ4n) is 5.61. The highest BCUT2D eigenvalue weighted by molar-refractivity contribution is 7.92. The molecule has 1 amide bonds. The third-order valence-electron chi connectivity index (χ3n) is 8.43. The highest BCUT2D eigenvalue weighted by atomic mass is 32.2. The summed E-state index contributed by atoms with van der Waals surface area (Å²) in [7, 11) is -6.45. The lowest BCUT2D eigenvalue weighted by Crippen LogP contribution is -2.48. The molecule has 2 N–H and O–H groups in total. The molecule has 3 aromatic rings. The van der Waals surface area contributed by atoms with Crippen LogP contribution < -0.4 is 9.46 Å². The maximum absolute atomic E-state index is 14.4. The molecular formula is C33H46N4O9S2. The van der Waals surface area contributed by atoms with Crippen molar-refractivity contribution in [2.45, 2.75) is 81.9 Å². The van der Waals surface area contributed by atoms with Crippen LogP contribution in [0.1, 0.15) is 61.8 Å². The molecule has 48 heavy (non-hydrogen) atoms. The lowest BCUT2D eigenvalue weighted by atomic mass is 10.0.